The number of thiol groups is 1. The third-order valence-corrected chi connectivity index (χ3v) is 7.51. The van der Waals surface area contributed by atoms with Gasteiger partial charge < -0.3 is 15.7 Å². The number of hydrogen-bond acceptors (Lipinski definition) is 4. The van der Waals surface area contributed by atoms with Gasteiger partial charge in [0.05, 0.1) is 5.25 Å². The molecule has 170 valence electrons. The van der Waals surface area contributed by atoms with Crippen molar-refractivity contribution in [1.29, 1.82) is 0 Å². The lowest BCUT2D eigenvalue weighted by atomic mass is 9.86. The summed E-state index contributed by atoms with van der Waals surface area (Å²) >= 11 is 4.38. The van der Waals surface area contributed by atoms with Gasteiger partial charge in [0.1, 0.15) is 11.6 Å². The summed E-state index contributed by atoms with van der Waals surface area (Å²) in [5, 5.41) is 15.0. The molecule has 0 aliphatic heterocycles. The van der Waals surface area contributed by atoms with Crippen molar-refractivity contribution >= 4 is 30.4 Å². The maximum absolute atomic E-state index is 13.3. The molecule has 2 aliphatic rings. The molecule has 2 amide bonds. The Morgan fingerprint density at radius 1 is 1.10 bits per heavy atom. The molecular formula is C24H34N2O4S. The molecule has 0 radical (unpaired) electrons. The van der Waals surface area contributed by atoms with Crippen LogP contribution in [0.1, 0.15) is 69.1 Å². The van der Waals surface area contributed by atoms with Crippen LogP contribution in [0.3, 0.4) is 0 Å². The van der Waals surface area contributed by atoms with Crippen molar-refractivity contribution in [2.24, 2.45) is 5.92 Å². The standard InChI is InChI=1S/C24H34N2O4S/c1-15(2)20(31)21(27)26-24(12-5-6-13-24)23(30)25-19(22(28)29)14-17-10-7-9-16-8-3-4-11-18(16)17/h7,9-10,15,19-20,31H,3-6,8,11-14H2,1-2H3,(H,25,30)(H,26,27)(H,28,29). The number of aryl methyl sites for hydroxylation is 1. The first-order chi connectivity index (χ1) is 14.7. The predicted octanol–water partition coefficient (Wildman–Crippen LogP) is 3.06. The van der Waals surface area contributed by atoms with Crippen molar-refractivity contribution in [2.75, 3.05) is 0 Å². The second-order valence-corrected chi connectivity index (χ2v) is 9.85. The third kappa shape index (κ3) is 5.43. The zero-order valence-corrected chi connectivity index (χ0v) is 19.3. The molecule has 6 nitrogen and oxygen atoms in total. The van der Waals surface area contributed by atoms with E-state index in [0.29, 0.717) is 12.8 Å². The van der Waals surface area contributed by atoms with Crippen LogP contribution >= 0.6 is 12.6 Å². The van der Waals surface area contributed by atoms with Crippen LogP contribution in [-0.2, 0) is 33.6 Å². The van der Waals surface area contributed by atoms with Crippen LogP contribution in [0.15, 0.2) is 18.2 Å². The van der Waals surface area contributed by atoms with Gasteiger partial charge in [0.2, 0.25) is 11.8 Å². The second-order valence-electron chi connectivity index (χ2n) is 9.30. The fourth-order valence-corrected chi connectivity index (χ4v) is 4.83. The van der Waals surface area contributed by atoms with Crippen LogP contribution < -0.4 is 10.6 Å². The molecule has 1 aromatic carbocycles. The molecular weight excluding hydrogens is 412 g/mol. The van der Waals surface area contributed by atoms with E-state index in [1.54, 1.807) is 0 Å². The highest BCUT2D eigenvalue weighted by Crippen LogP contribution is 2.31. The molecule has 0 bridgehead atoms. The highest BCUT2D eigenvalue weighted by atomic mass is 32.1. The van der Waals surface area contributed by atoms with Crippen LogP contribution in [-0.4, -0.2) is 39.7 Å². The lowest BCUT2D eigenvalue weighted by molar-refractivity contribution is -0.143. The average molecular weight is 447 g/mol. The van der Waals surface area contributed by atoms with Crippen molar-refractivity contribution in [2.45, 2.75) is 88.5 Å². The third-order valence-electron chi connectivity index (χ3n) is 6.67. The molecule has 3 rings (SSSR count). The SMILES string of the molecule is CC(C)C(S)C(=O)NC1(C(=O)NC(Cc2cccc3c2CCCC3)C(=O)O)CCCC1. The second kappa shape index (κ2) is 10.1. The summed E-state index contributed by atoms with van der Waals surface area (Å²) < 4.78 is 0. The first-order valence-electron chi connectivity index (χ1n) is 11.4. The fourth-order valence-electron chi connectivity index (χ4n) is 4.77. The smallest absolute Gasteiger partial charge is 0.326 e. The summed E-state index contributed by atoms with van der Waals surface area (Å²) in [6.45, 7) is 3.80. The van der Waals surface area contributed by atoms with Gasteiger partial charge in [-0.1, -0.05) is 44.9 Å². The van der Waals surface area contributed by atoms with Crippen LogP contribution in [0.2, 0.25) is 0 Å². The predicted molar refractivity (Wildman–Crippen MR) is 123 cm³/mol. The van der Waals surface area contributed by atoms with Gasteiger partial charge in [-0.3, -0.25) is 9.59 Å². The summed E-state index contributed by atoms with van der Waals surface area (Å²) in [4.78, 5) is 37.9. The summed E-state index contributed by atoms with van der Waals surface area (Å²) in [5.74, 6) is -1.71. The average Bonchev–Trinajstić information content (AvgIpc) is 3.22. The number of nitrogens with one attached hydrogen (secondary N) is 2. The van der Waals surface area contributed by atoms with Gasteiger partial charge >= 0.3 is 5.97 Å². The molecule has 2 aliphatic carbocycles. The van der Waals surface area contributed by atoms with Crippen molar-refractivity contribution in [3.63, 3.8) is 0 Å². The Labute approximate surface area is 190 Å². The molecule has 7 heteroatoms. The Kier molecular flexibility index (Phi) is 7.68. The Hall–Kier alpha value is -2.02. The van der Waals surface area contributed by atoms with Gasteiger partial charge in [-0.25, -0.2) is 4.79 Å². The molecule has 31 heavy (non-hydrogen) atoms. The van der Waals surface area contributed by atoms with E-state index >= 15 is 0 Å². The first kappa shape index (κ1) is 23.6. The maximum atomic E-state index is 13.3. The molecule has 0 heterocycles. The molecule has 1 aromatic rings. The molecule has 0 saturated heterocycles. The van der Waals surface area contributed by atoms with Crippen LogP contribution in [0.25, 0.3) is 0 Å². The highest BCUT2D eigenvalue weighted by molar-refractivity contribution is 7.81. The minimum absolute atomic E-state index is 0.0286. The number of carbonyl (C=O) groups excluding carboxylic acids is 2. The Morgan fingerprint density at radius 3 is 2.42 bits per heavy atom. The largest absolute Gasteiger partial charge is 0.480 e. The normalized spacial score (nSPS) is 19.4. The van der Waals surface area contributed by atoms with E-state index in [9.17, 15) is 19.5 Å². The Bertz CT molecular complexity index is 833. The zero-order chi connectivity index (χ0) is 22.6. The van der Waals surface area contributed by atoms with Crippen LogP contribution in [0.4, 0.5) is 0 Å². The van der Waals surface area contributed by atoms with Gasteiger partial charge in [-0.15, -0.1) is 0 Å². The molecule has 2 atom stereocenters. The monoisotopic (exact) mass is 446 g/mol. The van der Waals surface area contributed by atoms with E-state index < -0.39 is 28.7 Å². The van der Waals surface area contributed by atoms with E-state index in [1.165, 1.54) is 11.1 Å². The van der Waals surface area contributed by atoms with Gasteiger partial charge in [0.15, 0.2) is 0 Å². The molecule has 1 saturated carbocycles. The maximum Gasteiger partial charge on any atom is 0.326 e. The summed E-state index contributed by atoms with van der Waals surface area (Å²) in [6.07, 6.45) is 7.12. The summed E-state index contributed by atoms with van der Waals surface area (Å²) in [7, 11) is 0. The van der Waals surface area contributed by atoms with Crippen molar-refractivity contribution in [3.05, 3.63) is 34.9 Å². The fraction of sp³-hybridized carbons (Fsp3) is 0.625. The number of aliphatic carboxylic acids is 1. The number of carboxylic acid groups (broad SMARTS) is 1. The zero-order valence-electron chi connectivity index (χ0n) is 18.4. The minimum atomic E-state index is -1.06. The summed E-state index contributed by atoms with van der Waals surface area (Å²) in [6, 6.07) is 5.01. The molecule has 1 fully saturated rings. The lowest BCUT2D eigenvalue weighted by Crippen LogP contribution is -2.61. The number of benzene rings is 1. The quantitative estimate of drug-likeness (QED) is 0.462. The van der Waals surface area contributed by atoms with Gasteiger partial charge in [-0.2, -0.15) is 12.6 Å². The number of hydrogen-bond donors (Lipinski definition) is 4. The van der Waals surface area contributed by atoms with Crippen molar-refractivity contribution in [1.82, 2.24) is 10.6 Å². The Balaban J connectivity index is 1.76. The molecule has 0 aromatic heterocycles. The molecule has 2 unspecified atom stereocenters. The number of carbonyl (C=O) groups is 3. The van der Waals surface area contributed by atoms with E-state index in [-0.39, 0.29) is 18.2 Å². The number of rotatable bonds is 8. The first-order valence-corrected chi connectivity index (χ1v) is 11.9. The van der Waals surface area contributed by atoms with E-state index in [0.717, 1.165) is 44.1 Å². The summed E-state index contributed by atoms with van der Waals surface area (Å²) in [5.41, 5.74) is 2.45. The highest BCUT2D eigenvalue weighted by Gasteiger charge is 2.44. The molecule has 0 spiro atoms. The van der Waals surface area contributed by atoms with E-state index in [1.807, 2.05) is 26.0 Å². The minimum Gasteiger partial charge on any atom is -0.480 e. The Morgan fingerprint density at radius 2 is 1.77 bits per heavy atom. The topological polar surface area (TPSA) is 95.5 Å². The number of carboxylic acids is 1. The number of fused-ring (bicyclic) bond motifs is 1. The van der Waals surface area contributed by atoms with Crippen molar-refractivity contribution in [3.8, 4) is 0 Å². The van der Waals surface area contributed by atoms with Gasteiger partial charge in [0.25, 0.3) is 0 Å². The number of amides is 2. The molecule has 3 N–H and O–H groups in total. The van der Waals surface area contributed by atoms with Gasteiger partial charge in [0, 0.05) is 6.42 Å². The van der Waals surface area contributed by atoms with Gasteiger partial charge in [-0.05, 0) is 61.1 Å². The van der Waals surface area contributed by atoms with Crippen LogP contribution in [0, 0.1) is 5.92 Å². The van der Waals surface area contributed by atoms with Crippen molar-refractivity contribution < 1.29 is 19.5 Å². The van der Waals surface area contributed by atoms with E-state index in [4.69, 9.17) is 0 Å². The van der Waals surface area contributed by atoms with E-state index in [2.05, 4.69) is 29.3 Å². The van der Waals surface area contributed by atoms with Crippen LogP contribution in [0.5, 0.6) is 0 Å². The lowest BCUT2D eigenvalue weighted by Gasteiger charge is -2.32.